The topological polar surface area (TPSA) is 40.6 Å². The second-order valence-electron chi connectivity index (χ2n) is 5.55. The van der Waals surface area contributed by atoms with Gasteiger partial charge >= 0.3 is 0 Å². The molecule has 2 amide bonds. The van der Waals surface area contributed by atoms with Gasteiger partial charge in [0.05, 0.1) is 6.54 Å². The lowest BCUT2D eigenvalue weighted by Gasteiger charge is -2.21. The van der Waals surface area contributed by atoms with Crippen molar-refractivity contribution < 1.29 is 9.59 Å². The molecule has 0 aromatic rings. The number of amides is 2. The highest BCUT2D eigenvalue weighted by Crippen LogP contribution is 2.09. The van der Waals surface area contributed by atoms with Crippen molar-refractivity contribution in [3.05, 3.63) is 0 Å². The minimum absolute atomic E-state index is 0.100. The number of unbranched alkanes of at least 4 members (excludes halogenated alkanes) is 1. The van der Waals surface area contributed by atoms with Gasteiger partial charge < -0.3 is 9.80 Å². The van der Waals surface area contributed by atoms with E-state index in [1.807, 2.05) is 4.90 Å². The van der Waals surface area contributed by atoms with E-state index in [4.69, 9.17) is 0 Å². The standard InChI is InChI=1S/C14H26N2O2/c1-13(2)7-3-4-8-15(12-17)11-14(18)16-9-5-6-10-16/h12-13H,3-11H2,1-2H3. The van der Waals surface area contributed by atoms with Gasteiger partial charge in [0.15, 0.2) is 0 Å². The Bertz CT molecular complexity index is 261. The van der Waals surface area contributed by atoms with E-state index in [0.717, 1.165) is 45.2 Å². The van der Waals surface area contributed by atoms with Crippen LogP contribution in [0.2, 0.25) is 0 Å². The first-order valence-electron chi connectivity index (χ1n) is 7.10. The second-order valence-corrected chi connectivity index (χ2v) is 5.55. The van der Waals surface area contributed by atoms with Gasteiger partial charge in [-0.05, 0) is 25.2 Å². The maximum atomic E-state index is 11.9. The number of likely N-dealkylation sites (tertiary alicyclic amines) is 1. The van der Waals surface area contributed by atoms with E-state index >= 15 is 0 Å². The fourth-order valence-corrected chi connectivity index (χ4v) is 2.28. The van der Waals surface area contributed by atoms with Crippen LogP contribution in [-0.2, 0) is 9.59 Å². The summed E-state index contributed by atoms with van der Waals surface area (Å²) in [4.78, 5) is 26.3. The summed E-state index contributed by atoms with van der Waals surface area (Å²) in [6, 6.07) is 0. The number of rotatable bonds is 8. The quantitative estimate of drug-likeness (QED) is 0.490. The van der Waals surface area contributed by atoms with Crippen molar-refractivity contribution in [1.29, 1.82) is 0 Å². The SMILES string of the molecule is CC(C)CCCCN(C=O)CC(=O)N1CCCC1. The van der Waals surface area contributed by atoms with Gasteiger partial charge in [-0.25, -0.2) is 0 Å². The van der Waals surface area contributed by atoms with Crippen LogP contribution in [0.3, 0.4) is 0 Å². The Morgan fingerprint density at radius 2 is 1.94 bits per heavy atom. The highest BCUT2D eigenvalue weighted by Gasteiger charge is 2.19. The van der Waals surface area contributed by atoms with Crippen molar-refractivity contribution in [3.63, 3.8) is 0 Å². The van der Waals surface area contributed by atoms with Crippen molar-refractivity contribution in [2.24, 2.45) is 5.92 Å². The molecule has 0 aliphatic carbocycles. The zero-order valence-electron chi connectivity index (χ0n) is 11.7. The van der Waals surface area contributed by atoms with Gasteiger partial charge in [0.25, 0.3) is 0 Å². The zero-order chi connectivity index (χ0) is 13.4. The molecule has 0 aromatic heterocycles. The van der Waals surface area contributed by atoms with Crippen LogP contribution in [0.15, 0.2) is 0 Å². The molecule has 4 nitrogen and oxygen atoms in total. The van der Waals surface area contributed by atoms with Crippen molar-refractivity contribution in [2.75, 3.05) is 26.2 Å². The summed E-state index contributed by atoms with van der Waals surface area (Å²) in [5, 5.41) is 0. The van der Waals surface area contributed by atoms with E-state index in [1.165, 1.54) is 6.42 Å². The molecule has 0 radical (unpaired) electrons. The van der Waals surface area contributed by atoms with E-state index in [0.29, 0.717) is 12.5 Å². The fourth-order valence-electron chi connectivity index (χ4n) is 2.28. The molecular formula is C14H26N2O2. The molecule has 0 bridgehead atoms. The monoisotopic (exact) mass is 254 g/mol. The maximum absolute atomic E-state index is 11.9. The summed E-state index contributed by atoms with van der Waals surface area (Å²) in [6.45, 7) is 7.08. The number of carbonyl (C=O) groups is 2. The summed E-state index contributed by atoms with van der Waals surface area (Å²) in [5.74, 6) is 0.810. The summed E-state index contributed by atoms with van der Waals surface area (Å²) in [5.41, 5.74) is 0. The average molecular weight is 254 g/mol. The molecule has 1 heterocycles. The van der Waals surface area contributed by atoms with Crippen molar-refractivity contribution in [1.82, 2.24) is 9.80 Å². The maximum Gasteiger partial charge on any atom is 0.242 e. The van der Waals surface area contributed by atoms with Crippen LogP contribution in [0.25, 0.3) is 0 Å². The van der Waals surface area contributed by atoms with Gasteiger partial charge in [-0.2, -0.15) is 0 Å². The molecule has 0 atom stereocenters. The molecule has 1 fully saturated rings. The molecular weight excluding hydrogens is 228 g/mol. The number of carbonyl (C=O) groups excluding carboxylic acids is 2. The Balaban J connectivity index is 2.19. The van der Waals surface area contributed by atoms with E-state index in [1.54, 1.807) is 4.90 Å². The van der Waals surface area contributed by atoms with Crippen LogP contribution in [0.1, 0.15) is 46.0 Å². The Morgan fingerprint density at radius 3 is 2.50 bits per heavy atom. The first-order valence-corrected chi connectivity index (χ1v) is 7.10. The molecule has 4 heteroatoms. The van der Waals surface area contributed by atoms with E-state index in [2.05, 4.69) is 13.8 Å². The van der Waals surface area contributed by atoms with Crippen LogP contribution < -0.4 is 0 Å². The second kappa shape index (κ2) is 8.11. The third-order valence-electron chi connectivity index (χ3n) is 3.42. The third kappa shape index (κ3) is 5.52. The van der Waals surface area contributed by atoms with Gasteiger partial charge in [0.2, 0.25) is 12.3 Å². The largest absolute Gasteiger partial charge is 0.341 e. The minimum Gasteiger partial charge on any atom is -0.341 e. The number of nitrogens with zero attached hydrogens (tertiary/aromatic N) is 2. The lowest BCUT2D eigenvalue weighted by molar-refractivity contribution is -0.134. The van der Waals surface area contributed by atoms with Crippen molar-refractivity contribution in [3.8, 4) is 0 Å². The molecule has 0 spiro atoms. The van der Waals surface area contributed by atoms with E-state index in [9.17, 15) is 9.59 Å². The molecule has 1 saturated heterocycles. The first-order chi connectivity index (χ1) is 8.63. The Hall–Kier alpha value is -1.06. The minimum atomic E-state index is 0.100. The van der Waals surface area contributed by atoms with Gasteiger partial charge in [0.1, 0.15) is 0 Å². The highest BCUT2D eigenvalue weighted by atomic mass is 16.2. The number of hydrogen-bond acceptors (Lipinski definition) is 2. The predicted octanol–water partition coefficient (Wildman–Crippen LogP) is 1.89. The van der Waals surface area contributed by atoms with E-state index in [-0.39, 0.29) is 12.5 Å². The molecule has 18 heavy (non-hydrogen) atoms. The van der Waals surface area contributed by atoms with Gasteiger partial charge in [-0.3, -0.25) is 9.59 Å². The molecule has 0 N–H and O–H groups in total. The third-order valence-corrected chi connectivity index (χ3v) is 3.42. The molecule has 0 unspecified atom stereocenters. The summed E-state index contributed by atoms with van der Waals surface area (Å²) in [7, 11) is 0. The van der Waals surface area contributed by atoms with Crippen LogP contribution in [0, 0.1) is 5.92 Å². The van der Waals surface area contributed by atoms with Crippen molar-refractivity contribution in [2.45, 2.75) is 46.0 Å². The van der Waals surface area contributed by atoms with Crippen LogP contribution in [0.4, 0.5) is 0 Å². The van der Waals surface area contributed by atoms with Crippen LogP contribution >= 0.6 is 0 Å². The normalized spacial score (nSPS) is 15.2. The van der Waals surface area contributed by atoms with Gasteiger partial charge in [-0.15, -0.1) is 0 Å². The smallest absolute Gasteiger partial charge is 0.242 e. The summed E-state index contributed by atoms with van der Waals surface area (Å²) in [6.07, 6.45) is 6.31. The number of hydrogen-bond donors (Lipinski definition) is 0. The molecule has 104 valence electrons. The zero-order valence-corrected chi connectivity index (χ0v) is 11.7. The molecule has 0 saturated carbocycles. The summed E-state index contributed by atoms with van der Waals surface area (Å²) >= 11 is 0. The van der Waals surface area contributed by atoms with E-state index < -0.39 is 0 Å². The Labute approximate surface area is 110 Å². The van der Waals surface area contributed by atoms with Crippen LogP contribution in [-0.4, -0.2) is 48.3 Å². The van der Waals surface area contributed by atoms with Crippen LogP contribution in [0.5, 0.6) is 0 Å². The lowest BCUT2D eigenvalue weighted by Crippen LogP contribution is -2.38. The van der Waals surface area contributed by atoms with Crippen molar-refractivity contribution >= 4 is 12.3 Å². The molecule has 1 rings (SSSR count). The van der Waals surface area contributed by atoms with Gasteiger partial charge in [-0.1, -0.05) is 26.7 Å². The Morgan fingerprint density at radius 1 is 1.28 bits per heavy atom. The van der Waals surface area contributed by atoms with Gasteiger partial charge in [0, 0.05) is 19.6 Å². The lowest BCUT2D eigenvalue weighted by atomic mass is 10.1. The predicted molar refractivity (Wildman–Crippen MR) is 72.1 cm³/mol. The molecule has 1 aliphatic heterocycles. The Kier molecular flexibility index (Phi) is 6.76. The molecule has 0 aromatic carbocycles. The fraction of sp³-hybridized carbons (Fsp3) is 0.857. The summed E-state index contributed by atoms with van der Waals surface area (Å²) < 4.78 is 0. The first kappa shape index (κ1) is 15.0. The highest BCUT2D eigenvalue weighted by molar-refractivity contribution is 5.80. The average Bonchev–Trinajstić information content (AvgIpc) is 2.86. The molecule has 1 aliphatic rings.